The number of nitrogens with two attached hydrogens (primary N) is 1. The first-order valence-electron chi connectivity index (χ1n) is 7.30. The molecule has 0 heterocycles. The molecule has 1 aromatic rings. The number of carbonyl (C=O) groups is 1. The van der Waals surface area contributed by atoms with Gasteiger partial charge >= 0.3 is 0 Å². The van der Waals surface area contributed by atoms with Crippen molar-refractivity contribution in [1.82, 2.24) is 5.32 Å². The van der Waals surface area contributed by atoms with Gasteiger partial charge in [-0.1, -0.05) is 18.6 Å². The van der Waals surface area contributed by atoms with Gasteiger partial charge in [0.1, 0.15) is 0 Å². The summed E-state index contributed by atoms with van der Waals surface area (Å²) >= 11 is 0. The topological polar surface area (TPSA) is 55.1 Å². The second-order valence-corrected chi connectivity index (χ2v) is 6.19. The number of benzene rings is 1. The Labute approximate surface area is 114 Å². The largest absolute Gasteiger partial charge is 0.398 e. The number of carbonyl (C=O) groups excluding carboxylic acids is 1. The Hall–Kier alpha value is -1.51. The van der Waals surface area contributed by atoms with Crippen LogP contribution in [0.5, 0.6) is 0 Å². The van der Waals surface area contributed by atoms with Crippen molar-refractivity contribution < 1.29 is 4.79 Å². The Bertz CT molecular complexity index is 485. The summed E-state index contributed by atoms with van der Waals surface area (Å²) in [7, 11) is 0. The van der Waals surface area contributed by atoms with Crippen LogP contribution in [-0.4, -0.2) is 11.9 Å². The van der Waals surface area contributed by atoms with E-state index in [1.807, 2.05) is 12.1 Å². The molecule has 2 aliphatic rings. The van der Waals surface area contributed by atoms with Gasteiger partial charge in [-0.05, 0) is 56.1 Å². The average molecular weight is 258 g/mol. The molecule has 0 saturated heterocycles. The number of fused-ring (bicyclic) bond motifs is 2. The molecule has 102 valence electrons. The monoisotopic (exact) mass is 258 g/mol. The Balaban J connectivity index is 1.65. The molecule has 19 heavy (non-hydrogen) atoms. The van der Waals surface area contributed by atoms with E-state index < -0.39 is 0 Å². The lowest BCUT2D eigenvalue weighted by molar-refractivity contribution is 0.0916. The number of anilines is 1. The zero-order valence-electron chi connectivity index (χ0n) is 11.4. The molecular weight excluding hydrogens is 236 g/mol. The summed E-state index contributed by atoms with van der Waals surface area (Å²) in [6, 6.07) is 7.52. The molecule has 0 unspecified atom stereocenters. The van der Waals surface area contributed by atoms with Gasteiger partial charge < -0.3 is 11.1 Å². The molecule has 2 bridgehead atoms. The molecule has 2 fully saturated rings. The Kier molecular flexibility index (Phi) is 3.21. The lowest BCUT2D eigenvalue weighted by Gasteiger charge is -2.28. The maximum absolute atomic E-state index is 12.2. The third-order valence-corrected chi connectivity index (χ3v) is 5.00. The predicted octanol–water partition coefficient (Wildman–Crippen LogP) is 2.82. The molecule has 0 radical (unpaired) electrons. The average Bonchev–Trinajstić information content (AvgIpc) is 3.01. The first-order valence-corrected chi connectivity index (χ1v) is 7.30. The Morgan fingerprint density at radius 3 is 2.74 bits per heavy atom. The number of rotatable bonds is 3. The summed E-state index contributed by atoms with van der Waals surface area (Å²) in [5, 5.41) is 3.14. The van der Waals surface area contributed by atoms with Gasteiger partial charge in [-0.2, -0.15) is 0 Å². The lowest BCUT2D eigenvalue weighted by Crippen LogP contribution is -2.40. The molecule has 3 nitrogen and oxygen atoms in total. The summed E-state index contributed by atoms with van der Waals surface area (Å²) in [6.45, 7) is 2.14. The zero-order chi connectivity index (χ0) is 13.4. The fourth-order valence-corrected chi connectivity index (χ4v) is 4.00. The van der Waals surface area contributed by atoms with Crippen LogP contribution in [0.4, 0.5) is 5.69 Å². The second-order valence-electron chi connectivity index (χ2n) is 6.19. The second kappa shape index (κ2) is 4.87. The summed E-state index contributed by atoms with van der Waals surface area (Å²) in [5.74, 6) is 2.37. The van der Waals surface area contributed by atoms with Gasteiger partial charge in [0.2, 0.25) is 0 Å². The molecule has 1 amide bonds. The van der Waals surface area contributed by atoms with Crippen molar-refractivity contribution in [2.75, 3.05) is 5.73 Å². The van der Waals surface area contributed by atoms with Gasteiger partial charge in [0.15, 0.2) is 0 Å². The summed E-state index contributed by atoms with van der Waals surface area (Å²) < 4.78 is 0. The van der Waals surface area contributed by atoms with Gasteiger partial charge in [-0.3, -0.25) is 4.79 Å². The van der Waals surface area contributed by atoms with Crippen LogP contribution in [0.3, 0.4) is 0 Å². The van der Waals surface area contributed by atoms with Crippen LogP contribution >= 0.6 is 0 Å². The molecule has 2 saturated carbocycles. The number of nitrogen functional groups attached to an aromatic ring is 1. The minimum Gasteiger partial charge on any atom is -0.398 e. The van der Waals surface area contributed by atoms with E-state index in [2.05, 4.69) is 12.2 Å². The molecule has 3 heteroatoms. The quantitative estimate of drug-likeness (QED) is 0.819. The minimum atomic E-state index is -0.0339. The van der Waals surface area contributed by atoms with Gasteiger partial charge in [-0.25, -0.2) is 0 Å². The van der Waals surface area contributed by atoms with Crippen LogP contribution in [0.25, 0.3) is 0 Å². The highest BCUT2D eigenvalue weighted by atomic mass is 16.1. The number of para-hydroxylation sites is 1. The van der Waals surface area contributed by atoms with Crippen LogP contribution < -0.4 is 11.1 Å². The lowest BCUT2D eigenvalue weighted by atomic mass is 9.84. The van der Waals surface area contributed by atoms with Gasteiger partial charge in [0.05, 0.1) is 5.56 Å². The molecule has 3 rings (SSSR count). The van der Waals surface area contributed by atoms with Crippen LogP contribution in [0.1, 0.15) is 43.0 Å². The van der Waals surface area contributed by atoms with Crippen LogP contribution in [-0.2, 0) is 0 Å². The van der Waals surface area contributed by atoms with E-state index in [1.165, 1.54) is 25.7 Å². The van der Waals surface area contributed by atoms with Crippen molar-refractivity contribution in [3.63, 3.8) is 0 Å². The summed E-state index contributed by atoms with van der Waals surface area (Å²) in [6.07, 6.45) is 5.41. The fraction of sp³-hybridized carbons (Fsp3) is 0.562. The maximum Gasteiger partial charge on any atom is 0.253 e. The van der Waals surface area contributed by atoms with Crippen molar-refractivity contribution in [2.24, 2.45) is 17.8 Å². The van der Waals surface area contributed by atoms with Gasteiger partial charge in [0, 0.05) is 11.7 Å². The smallest absolute Gasteiger partial charge is 0.253 e. The predicted molar refractivity (Wildman–Crippen MR) is 76.7 cm³/mol. The normalized spacial score (nSPS) is 30.3. The van der Waals surface area contributed by atoms with Crippen molar-refractivity contribution >= 4 is 11.6 Å². The van der Waals surface area contributed by atoms with Gasteiger partial charge in [0.25, 0.3) is 5.91 Å². The molecule has 0 spiro atoms. The fourth-order valence-electron chi connectivity index (χ4n) is 4.00. The SMILES string of the molecule is C[C@@H](NC(=O)c1ccccc1N)[C@H]1C[C@@H]2CC[C@@H]1C2. The van der Waals surface area contributed by atoms with Crippen molar-refractivity contribution in [3.8, 4) is 0 Å². The standard InChI is InChI=1S/C16H22N2O/c1-10(14-9-11-6-7-12(14)8-11)18-16(19)13-4-2-3-5-15(13)17/h2-5,10-12,14H,6-9,17H2,1H3,(H,18,19)/t10-,11-,12-,14-/m1/s1. The Morgan fingerprint density at radius 2 is 2.11 bits per heavy atom. The van der Waals surface area contributed by atoms with Crippen LogP contribution in [0, 0.1) is 17.8 Å². The van der Waals surface area contributed by atoms with E-state index in [0.29, 0.717) is 17.2 Å². The molecule has 0 aliphatic heterocycles. The minimum absolute atomic E-state index is 0.0339. The van der Waals surface area contributed by atoms with E-state index in [4.69, 9.17) is 5.73 Å². The molecular formula is C16H22N2O. The molecule has 0 aromatic heterocycles. The highest BCUT2D eigenvalue weighted by Crippen LogP contribution is 2.49. The van der Waals surface area contributed by atoms with E-state index in [9.17, 15) is 4.79 Å². The summed E-state index contributed by atoms with van der Waals surface area (Å²) in [5.41, 5.74) is 7.00. The number of nitrogens with one attached hydrogen (secondary N) is 1. The van der Waals surface area contributed by atoms with Crippen molar-refractivity contribution in [3.05, 3.63) is 29.8 Å². The van der Waals surface area contributed by atoms with E-state index in [0.717, 1.165) is 11.8 Å². The highest BCUT2D eigenvalue weighted by molar-refractivity contribution is 5.99. The van der Waals surface area contributed by atoms with E-state index >= 15 is 0 Å². The third kappa shape index (κ3) is 2.34. The van der Waals surface area contributed by atoms with Crippen LogP contribution in [0.2, 0.25) is 0 Å². The third-order valence-electron chi connectivity index (χ3n) is 5.00. The molecule has 4 atom stereocenters. The molecule has 3 N–H and O–H groups in total. The van der Waals surface area contributed by atoms with Crippen molar-refractivity contribution in [1.29, 1.82) is 0 Å². The van der Waals surface area contributed by atoms with E-state index in [-0.39, 0.29) is 11.9 Å². The highest BCUT2D eigenvalue weighted by Gasteiger charge is 2.42. The summed E-state index contributed by atoms with van der Waals surface area (Å²) in [4.78, 5) is 12.2. The molecule has 2 aliphatic carbocycles. The van der Waals surface area contributed by atoms with Gasteiger partial charge in [-0.15, -0.1) is 0 Å². The number of hydrogen-bond acceptors (Lipinski definition) is 2. The maximum atomic E-state index is 12.2. The first-order chi connectivity index (χ1) is 9.15. The zero-order valence-corrected chi connectivity index (χ0v) is 11.4. The Morgan fingerprint density at radius 1 is 1.32 bits per heavy atom. The number of hydrogen-bond donors (Lipinski definition) is 2. The molecule has 1 aromatic carbocycles. The van der Waals surface area contributed by atoms with Crippen molar-refractivity contribution in [2.45, 2.75) is 38.6 Å². The number of amides is 1. The van der Waals surface area contributed by atoms with Crippen LogP contribution in [0.15, 0.2) is 24.3 Å². The first kappa shape index (κ1) is 12.5. The van der Waals surface area contributed by atoms with E-state index in [1.54, 1.807) is 12.1 Å².